The van der Waals surface area contributed by atoms with Crippen LogP contribution in [0.25, 0.3) is 0 Å². The molecule has 1 aliphatic heterocycles. The molecule has 0 radical (unpaired) electrons. The molecule has 0 spiro atoms. The van der Waals surface area contributed by atoms with Crippen molar-refractivity contribution in [3.8, 4) is 0 Å². The standard InChI is InChI=1S/C17H22N4O3/c22-17(13-20-11-16(10-18-20)21(23)24)12-19-8-6-15(7-9-19)14-4-2-1-3-5-14/h1-5,10-11,15,17,22H,6-9,12-13H2. The van der Waals surface area contributed by atoms with Crippen molar-refractivity contribution in [1.82, 2.24) is 14.7 Å². The van der Waals surface area contributed by atoms with Gasteiger partial charge in [-0.1, -0.05) is 30.3 Å². The smallest absolute Gasteiger partial charge is 0.306 e. The van der Waals surface area contributed by atoms with E-state index >= 15 is 0 Å². The van der Waals surface area contributed by atoms with Gasteiger partial charge in [-0.05, 0) is 37.4 Å². The summed E-state index contributed by atoms with van der Waals surface area (Å²) in [6, 6.07) is 10.6. The molecule has 2 heterocycles. The van der Waals surface area contributed by atoms with Crippen LogP contribution in [0.15, 0.2) is 42.7 Å². The maximum atomic E-state index is 10.6. The zero-order valence-electron chi connectivity index (χ0n) is 13.5. The van der Waals surface area contributed by atoms with Crippen LogP contribution in [0.2, 0.25) is 0 Å². The summed E-state index contributed by atoms with van der Waals surface area (Å²) < 4.78 is 1.43. The van der Waals surface area contributed by atoms with Crippen LogP contribution in [-0.2, 0) is 6.54 Å². The number of nitrogens with zero attached hydrogens (tertiary/aromatic N) is 4. The number of hydrogen-bond donors (Lipinski definition) is 1. The topological polar surface area (TPSA) is 84.4 Å². The molecule has 24 heavy (non-hydrogen) atoms. The van der Waals surface area contributed by atoms with E-state index in [1.807, 2.05) is 6.07 Å². The fourth-order valence-electron chi connectivity index (χ4n) is 3.29. The first-order chi connectivity index (χ1) is 11.6. The van der Waals surface area contributed by atoms with Crippen LogP contribution < -0.4 is 0 Å². The Hall–Kier alpha value is -2.25. The summed E-state index contributed by atoms with van der Waals surface area (Å²) in [5.41, 5.74) is 1.34. The van der Waals surface area contributed by atoms with Gasteiger partial charge >= 0.3 is 5.69 Å². The Morgan fingerprint density at radius 1 is 1.25 bits per heavy atom. The molecule has 0 amide bonds. The van der Waals surface area contributed by atoms with E-state index in [4.69, 9.17) is 0 Å². The maximum Gasteiger partial charge on any atom is 0.306 e. The minimum absolute atomic E-state index is 0.0501. The van der Waals surface area contributed by atoms with Gasteiger partial charge in [0.05, 0.1) is 17.6 Å². The fourth-order valence-corrected chi connectivity index (χ4v) is 3.29. The lowest BCUT2D eigenvalue weighted by Gasteiger charge is -2.33. The third-order valence-corrected chi connectivity index (χ3v) is 4.56. The second-order valence-corrected chi connectivity index (χ2v) is 6.32. The largest absolute Gasteiger partial charge is 0.390 e. The number of piperidine rings is 1. The molecule has 2 aromatic rings. The third-order valence-electron chi connectivity index (χ3n) is 4.56. The second kappa shape index (κ2) is 7.55. The van der Waals surface area contributed by atoms with Gasteiger partial charge in [-0.25, -0.2) is 0 Å². The Kier molecular flexibility index (Phi) is 5.22. The molecule has 3 rings (SSSR count). The molecule has 1 unspecified atom stereocenters. The number of nitro groups is 1. The van der Waals surface area contributed by atoms with Gasteiger partial charge in [-0.3, -0.25) is 14.8 Å². The van der Waals surface area contributed by atoms with Gasteiger partial charge < -0.3 is 10.0 Å². The van der Waals surface area contributed by atoms with Crippen molar-refractivity contribution in [3.05, 3.63) is 58.4 Å². The molecule has 1 aromatic carbocycles. The van der Waals surface area contributed by atoms with Gasteiger partial charge in [-0.2, -0.15) is 5.10 Å². The molecule has 1 aliphatic rings. The summed E-state index contributed by atoms with van der Waals surface area (Å²) in [4.78, 5) is 12.4. The lowest BCUT2D eigenvalue weighted by Crippen LogP contribution is -2.39. The monoisotopic (exact) mass is 330 g/mol. The Morgan fingerprint density at radius 2 is 1.96 bits per heavy atom. The number of benzene rings is 1. The molecule has 0 bridgehead atoms. The van der Waals surface area contributed by atoms with Crippen molar-refractivity contribution >= 4 is 5.69 Å². The predicted molar refractivity (Wildman–Crippen MR) is 89.7 cm³/mol. The van der Waals surface area contributed by atoms with Crippen LogP contribution in [0.3, 0.4) is 0 Å². The number of aromatic nitrogens is 2. The van der Waals surface area contributed by atoms with Crippen LogP contribution in [0.5, 0.6) is 0 Å². The van der Waals surface area contributed by atoms with Crippen molar-refractivity contribution in [2.24, 2.45) is 0 Å². The molecule has 1 aromatic heterocycles. The summed E-state index contributed by atoms with van der Waals surface area (Å²) in [7, 11) is 0. The Morgan fingerprint density at radius 3 is 2.58 bits per heavy atom. The molecule has 7 heteroatoms. The number of aliphatic hydroxyl groups excluding tert-OH is 1. The van der Waals surface area contributed by atoms with Gasteiger partial charge in [-0.15, -0.1) is 0 Å². The molecule has 0 saturated carbocycles. The minimum Gasteiger partial charge on any atom is -0.390 e. The van der Waals surface area contributed by atoms with E-state index in [9.17, 15) is 15.2 Å². The maximum absolute atomic E-state index is 10.6. The van der Waals surface area contributed by atoms with E-state index in [1.54, 1.807) is 0 Å². The number of hydrogen-bond acceptors (Lipinski definition) is 5. The molecule has 1 N–H and O–H groups in total. The Labute approximate surface area is 140 Å². The van der Waals surface area contributed by atoms with E-state index in [0.717, 1.165) is 25.9 Å². The first-order valence-electron chi connectivity index (χ1n) is 8.24. The quantitative estimate of drug-likeness (QED) is 0.647. The number of likely N-dealkylation sites (tertiary alicyclic amines) is 1. The van der Waals surface area contributed by atoms with Crippen molar-refractivity contribution in [3.63, 3.8) is 0 Å². The first-order valence-corrected chi connectivity index (χ1v) is 8.24. The normalized spacial score (nSPS) is 17.7. The van der Waals surface area contributed by atoms with Gasteiger partial charge in [0.1, 0.15) is 12.4 Å². The zero-order valence-corrected chi connectivity index (χ0v) is 13.5. The van der Waals surface area contributed by atoms with Gasteiger partial charge in [0, 0.05) is 6.54 Å². The fraction of sp³-hybridized carbons (Fsp3) is 0.471. The van der Waals surface area contributed by atoms with E-state index in [0.29, 0.717) is 12.5 Å². The van der Waals surface area contributed by atoms with E-state index in [1.165, 1.54) is 22.6 Å². The molecular formula is C17H22N4O3. The predicted octanol–water partition coefficient (Wildman–Crippen LogP) is 2.03. The van der Waals surface area contributed by atoms with E-state index in [2.05, 4.69) is 34.3 Å². The summed E-state index contributed by atoms with van der Waals surface area (Å²) in [5.74, 6) is 0.591. The Balaban J connectivity index is 1.46. The van der Waals surface area contributed by atoms with E-state index < -0.39 is 11.0 Å². The van der Waals surface area contributed by atoms with Gasteiger partial charge in [0.25, 0.3) is 0 Å². The van der Waals surface area contributed by atoms with Crippen LogP contribution in [-0.4, -0.2) is 50.4 Å². The van der Waals surface area contributed by atoms with Gasteiger partial charge in [0.15, 0.2) is 0 Å². The van der Waals surface area contributed by atoms with Crippen molar-refractivity contribution in [2.75, 3.05) is 19.6 Å². The summed E-state index contributed by atoms with van der Waals surface area (Å²) in [6.45, 7) is 2.74. The highest BCUT2D eigenvalue weighted by Crippen LogP contribution is 2.27. The number of β-amino-alcohol motifs (C(OH)–C–C–N with tert-alkyl or cyclic N) is 1. The lowest BCUT2D eigenvalue weighted by molar-refractivity contribution is -0.385. The average Bonchev–Trinajstić information content (AvgIpc) is 3.05. The number of aliphatic hydroxyl groups is 1. The highest BCUT2D eigenvalue weighted by molar-refractivity contribution is 5.21. The Bertz CT molecular complexity index is 665. The molecule has 1 atom stereocenters. The lowest BCUT2D eigenvalue weighted by atomic mass is 9.89. The highest BCUT2D eigenvalue weighted by atomic mass is 16.6. The second-order valence-electron chi connectivity index (χ2n) is 6.32. The molecule has 128 valence electrons. The first kappa shape index (κ1) is 16.6. The summed E-state index contributed by atoms with van der Waals surface area (Å²) in [6.07, 6.45) is 4.15. The summed E-state index contributed by atoms with van der Waals surface area (Å²) >= 11 is 0. The minimum atomic E-state index is -0.585. The number of rotatable bonds is 6. The zero-order chi connectivity index (χ0) is 16.9. The van der Waals surface area contributed by atoms with Crippen LogP contribution >= 0.6 is 0 Å². The molecule has 0 aliphatic carbocycles. The van der Waals surface area contributed by atoms with Gasteiger partial charge in [0.2, 0.25) is 0 Å². The van der Waals surface area contributed by atoms with Crippen LogP contribution in [0.1, 0.15) is 24.3 Å². The molecule has 7 nitrogen and oxygen atoms in total. The van der Waals surface area contributed by atoms with Crippen molar-refractivity contribution < 1.29 is 10.0 Å². The average molecular weight is 330 g/mol. The van der Waals surface area contributed by atoms with Crippen molar-refractivity contribution in [1.29, 1.82) is 0 Å². The SMILES string of the molecule is O=[N+]([O-])c1cnn(CC(O)CN2CCC(c3ccccc3)CC2)c1. The third kappa shape index (κ3) is 4.18. The molecule has 1 saturated heterocycles. The van der Waals surface area contributed by atoms with E-state index in [-0.39, 0.29) is 12.2 Å². The van der Waals surface area contributed by atoms with Crippen LogP contribution in [0.4, 0.5) is 5.69 Å². The summed E-state index contributed by atoms with van der Waals surface area (Å²) in [5, 5.41) is 24.8. The van der Waals surface area contributed by atoms with Crippen molar-refractivity contribution in [2.45, 2.75) is 31.4 Å². The van der Waals surface area contributed by atoms with Crippen LogP contribution in [0, 0.1) is 10.1 Å². The molecule has 1 fully saturated rings. The molecular weight excluding hydrogens is 308 g/mol. The highest BCUT2D eigenvalue weighted by Gasteiger charge is 2.22.